The average Bonchev–Trinajstić information content (AvgIpc) is 2.89. The fourth-order valence-corrected chi connectivity index (χ4v) is 2.86. The van der Waals surface area contributed by atoms with Crippen molar-refractivity contribution in [1.82, 2.24) is 10.3 Å². The number of carbonyl (C=O) groups is 1. The molecule has 3 heteroatoms. The summed E-state index contributed by atoms with van der Waals surface area (Å²) in [4.78, 5) is 15.1. The Bertz CT molecular complexity index is 586. The predicted molar refractivity (Wildman–Crippen MR) is 83.8 cm³/mol. The van der Waals surface area contributed by atoms with Gasteiger partial charge in [0, 0.05) is 23.0 Å². The molecule has 1 heterocycles. The molecule has 1 aromatic carbocycles. The highest BCUT2D eigenvalue weighted by molar-refractivity contribution is 5.85. The second kappa shape index (κ2) is 6.60. The first-order valence-electron chi connectivity index (χ1n) is 7.68. The van der Waals surface area contributed by atoms with Gasteiger partial charge >= 0.3 is 0 Å². The van der Waals surface area contributed by atoms with Gasteiger partial charge in [0.2, 0.25) is 5.91 Å². The highest BCUT2D eigenvalue weighted by Gasteiger charge is 2.24. The van der Waals surface area contributed by atoms with E-state index in [9.17, 15) is 4.79 Å². The molecule has 0 aliphatic heterocycles. The number of benzene rings is 1. The van der Waals surface area contributed by atoms with E-state index in [-0.39, 0.29) is 11.9 Å². The topological polar surface area (TPSA) is 44.9 Å². The van der Waals surface area contributed by atoms with E-state index in [2.05, 4.69) is 28.5 Å². The normalized spacial score (nSPS) is 17.1. The number of fused-ring (bicyclic) bond motifs is 3. The van der Waals surface area contributed by atoms with Crippen molar-refractivity contribution in [2.75, 3.05) is 0 Å². The second-order valence-corrected chi connectivity index (χ2v) is 4.93. The summed E-state index contributed by atoms with van der Waals surface area (Å²) in [5, 5.41) is 4.42. The number of aromatic amines is 1. The van der Waals surface area contributed by atoms with Gasteiger partial charge in [-0.1, -0.05) is 39.0 Å². The zero-order valence-corrected chi connectivity index (χ0v) is 12.6. The van der Waals surface area contributed by atoms with Crippen LogP contribution in [0, 0.1) is 0 Å². The van der Waals surface area contributed by atoms with Crippen molar-refractivity contribution in [3.63, 3.8) is 0 Å². The van der Waals surface area contributed by atoms with E-state index in [1.165, 1.54) is 22.2 Å². The third-order valence-corrected chi connectivity index (χ3v) is 3.77. The summed E-state index contributed by atoms with van der Waals surface area (Å²) >= 11 is 0. The molecule has 0 fully saturated rings. The number of aromatic nitrogens is 1. The molecule has 0 saturated heterocycles. The van der Waals surface area contributed by atoms with Gasteiger partial charge in [0.1, 0.15) is 0 Å². The van der Waals surface area contributed by atoms with E-state index in [0.29, 0.717) is 6.42 Å². The molecule has 108 valence electrons. The van der Waals surface area contributed by atoms with Crippen molar-refractivity contribution in [2.24, 2.45) is 0 Å². The Morgan fingerprint density at radius 2 is 2.10 bits per heavy atom. The van der Waals surface area contributed by atoms with Crippen molar-refractivity contribution in [3.8, 4) is 0 Å². The Labute approximate surface area is 120 Å². The summed E-state index contributed by atoms with van der Waals surface area (Å²) in [6.45, 7) is 5.89. The van der Waals surface area contributed by atoms with E-state index >= 15 is 0 Å². The van der Waals surface area contributed by atoms with Crippen molar-refractivity contribution >= 4 is 16.8 Å². The summed E-state index contributed by atoms with van der Waals surface area (Å²) in [7, 11) is 0. The van der Waals surface area contributed by atoms with Crippen LogP contribution in [0.3, 0.4) is 0 Å². The highest BCUT2D eigenvalue weighted by Crippen LogP contribution is 2.34. The lowest BCUT2D eigenvalue weighted by atomic mass is 9.91. The molecule has 1 unspecified atom stereocenters. The second-order valence-electron chi connectivity index (χ2n) is 4.93. The van der Waals surface area contributed by atoms with Crippen LogP contribution >= 0.6 is 0 Å². The molecular formula is C17H24N2O. The van der Waals surface area contributed by atoms with Crippen molar-refractivity contribution in [1.29, 1.82) is 0 Å². The number of hydrogen-bond acceptors (Lipinski definition) is 1. The van der Waals surface area contributed by atoms with Gasteiger partial charge in [-0.3, -0.25) is 4.79 Å². The fraction of sp³-hybridized carbons (Fsp3) is 0.471. The predicted octanol–water partition coefficient (Wildman–Crippen LogP) is 4.10. The molecule has 2 N–H and O–H groups in total. The molecular weight excluding hydrogens is 248 g/mol. The number of nitrogens with one attached hydrogen (secondary N) is 2. The maximum absolute atomic E-state index is 11.6. The largest absolute Gasteiger partial charge is 0.356 e. The summed E-state index contributed by atoms with van der Waals surface area (Å²) in [5.41, 5.74) is 3.78. The number of hydrogen-bond donors (Lipinski definition) is 2. The molecule has 0 spiro atoms. The number of amides is 1. The zero-order valence-electron chi connectivity index (χ0n) is 12.6. The molecule has 1 aromatic heterocycles. The SMILES string of the molecule is CC.CCC(=O)NC1CCCc2c1[nH]c1ccccc21. The van der Waals surface area contributed by atoms with E-state index in [1.54, 1.807) is 0 Å². The van der Waals surface area contributed by atoms with Gasteiger partial charge in [-0.2, -0.15) is 0 Å². The van der Waals surface area contributed by atoms with Crippen LogP contribution in [-0.4, -0.2) is 10.9 Å². The Hall–Kier alpha value is -1.77. The van der Waals surface area contributed by atoms with Gasteiger partial charge in [0.15, 0.2) is 0 Å². The number of H-pyrrole nitrogens is 1. The Balaban J connectivity index is 0.000000704. The standard InChI is InChI=1S/C15H18N2O.C2H6/c1-2-14(18)16-13-9-5-7-11-10-6-3-4-8-12(10)17-15(11)13;1-2/h3-4,6,8,13,17H,2,5,7,9H2,1H3,(H,16,18);1-2H3. The quantitative estimate of drug-likeness (QED) is 0.849. The van der Waals surface area contributed by atoms with Crippen LogP contribution in [0.15, 0.2) is 24.3 Å². The minimum Gasteiger partial charge on any atom is -0.356 e. The number of rotatable bonds is 2. The van der Waals surface area contributed by atoms with Gasteiger partial charge in [0.05, 0.1) is 6.04 Å². The highest BCUT2D eigenvalue weighted by atomic mass is 16.1. The fourth-order valence-electron chi connectivity index (χ4n) is 2.86. The van der Waals surface area contributed by atoms with Crippen LogP contribution in [0.4, 0.5) is 0 Å². The van der Waals surface area contributed by atoms with Gasteiger partial charge in [0.25, 0.3) is 0 Å². The summed E-state index contributed by atoms with van der Waals surface area (Å²) in [5.74, 6) is 0.131. The molecule has 3 nitrogen and oxygen atoms in total. The van der Waals surface area contributed by atoms with Crippen LogP contribution in [0.25, 0.3) is 10.9 Å². The monoisotopic (exact) mass is 272 g/mol. The van der Waals surface area contributed by atoms with E-state index in [1.807, 2.05) is 26.8 Å². The molecule has 2 aromatic rings. The summed E-state index contributed by atoms with van der Waals surface area (Å²) in [6, 6.07) is 8.55. The Morgan fingerprint density at radius 1 is 1.35 bits per heavy atom. The van der Waals surface area contributed by atoms with E-state index in [0.717, 1.165) is 19.3 Å². The molecule has 0 saturated carbocycles. The molecule has 1 aliphatic rings. The number of carbonyl (C=O) groups excluding carboxylic acids is 1. The van der Waals surface area contributed by atoms with Crippen LogP contribution < -0.4 is 5.32 Å². The van der Waals surface area contributed by atoms with Crippen LogP contribution in [0.1, 0.15) is 57.3 Å². The molecule has 1 aliphatic carbocycles. The third kappa shape index (κ3) is 2.72. The van der Waals surface area contributed by atoms with Crippen LogP contribution in [0.2, 0.25) is 0 Å². The molecule has 1 amide bonds. The smallest absolute Gasteiger partial charge is 0.220 e. The van der Waals surface area contributed by atoms with Crippen molar-refractivity contribution in [2.45, 2.75) is 52.5 Å². The van der Waals surface area contributed by atoms with Crippen molar-refractivity contribution in [3.05, 3.63) is 35.5 Å². The minimum absolute atomic E-state index is 0.131. The van der Waals surface area contributed by atoms with Gasteiger partial charge in [-0.05, 0) is 30.9 Å². The maximum atomic E-state index is 11.6. The third-order valence-electron chi connectivity index (χ3n) is 3.77. The van der Waals surface area contributed by atoms with Gasteiger partial charge in [-0.25, -0.2) is 0 Å². The first-order valence-corrected chi connectivity index (χ1v) is 7.68. The lowest BCUT2D eigenvalue weighted by Crippen LogP contribution is -2.30. The molecule has 0 radical (unpaired) electrons. The maximum Gasteiger partial charge on any atom is 0.220 e. The van der Waals surface area contributed by atoms with E-state index < -0.39 is 0 Å². The van der Waals surface area contributed by atoms with Gasteiger partial charge < -0.3 is 10.3 Å². The molecule has 3 rings (SSSR count). The Morgan fingerprint density at radius 3 is 2.85 bits per heavy atom. The lowest BCUT2D eigenvalue weighted by Gasteiger charge is -2.23. The number of para-hydroxylation sites is 1. The first-order chi connectivity index (χ1) is 9.79. The van der Waals surface area contributed by atoms with Crippen LogP contribution in [0.5, 0.6) is 0 Å². The lowest BCUT2D eigenvalue weighted by molar-refractivity contribution is -0.121. The summed E-state index contributed by atoms with van der Waals surface area (Å²) in [6.07, 6.45) is 3.83. The average molecular weight is 272 g/mol. The number of aryl methyl sites for hydroxylation is 1. The molecule has 20 heavy (non-hydrogen) atoms. The molecule has 0 bridgehead atoms. The molecule has 1 atom stereocenters. The van der Waals surface area contributed by atoms with E-state index in [4.69, 9.17) is 0 Å². The van der Waals surface area contributed by atoms with Crippen LogP contribution in [-0.2, 0) is 11.2 Å². The Kier molecular flexibility index (Phi) is 4.83. The first kappa shape index (κ1) is 14.6. The van der Waals surface area contributed by atoms with Crippen molar-refractivity contribution < 1.29 is 4.79 Å². The minimum atomic E-state index is 0.131. The summed E-state index contributed by atoms with van der Waals surface area (Å²) < 4.78 is 0. The zero-order chi connectivity index (χ0) is 14.5. The van der Waals surface area contributed by atoms with Gasteiger partial charge in [-0.15, -0.1) is 0 Å².